The Kier molecular flexibility index (Phi) is 7.69. The molecule has 2 aromatic carbocycles. The molecule has 4 heteroatoms. The van der Waals surface area contributed by atoms with Gasteiger partial charge in [-0.1, -0.05) is 46.8 Å². The molecule has 0 unspecified atom stereocenters. The zero-order valence-corrected chi connectivity index (χ0v) is 15.6. The van der Waals surface area contributed by atoms with Gasteiger partial charge in [-0.2, -0.15) is 0 Å². The third-order valence-electron chi connectivity index (χ3n) is 4.12. The van der Waals surface area contributed by atoms with Crippen LogP contribution in [0.15, 0.2) is 27.8 Å². The number of nitrogens with zero attached hydrogens (tertiary/aromatic N) is 1. The van der Waals surface area contributed by atoms with E-state index in [0.717, 1.165) is 37.9 Å². The highest BCUT2D eigenvalue weighted by molar-refractivity contribution is 5.80. The molecule has 0 fully saturated rings. The Balaban J connectivity index is 0.000000671. The minimum Gasteiger partial charge on any atom is -0.394 e. The number of hydrogen-bond acceptors (Lipinski definition) is 4. The number of nitrogens with two attached hydrogens (primary N) is 1. The standard InChI is InChI=1S/C16H18N2O2.2C2H6/c1-2-10-6-7-11-5-3-4-8-18(12(11)9-10)14-13(17)15(19)16(14)20;2*1-2/h6-7,9H,2-5,8,17H2,1H3;2*1-2H3. The van der Waals surface area contributed by atoms with Crippen LogP contribution in [0.1, 0.15) is 58.6 Å². The van der Waals surface area contributed by atoms with Crippen molar-refractivity contribution >= 4 is 17.1 Å². The molecular formula is C20H30N2O2. The van der Waals surface area contributed by atoms with Gasteiger partial charge < -0.3 is 10.6 Å². The summed E-state index contributed by atoms with van der Waals surface area (Å²) in [4.78, 5) is 25.1. The van der Waals surface area contributed by atoms with E-state index in [1.807, 2.05) is 32.6 Å². The van der Waals surface area contributed by atoms with Gasteiger partial charge in [-0.25, -0.2) is 0 Å². The van der Waals surface area contributed by atoms with Crippen LogP contribution in [0.5, 0.6) is 0 Å². The molecule has 0 aromatic heterocycles. The minimum absolute atomic E-state index is 0.116. The Morgan fingerprint density at radius 2 is 1.71 bits per heavy atom. The van der Waals surface area contributed by atoms with E-state index in [4.69, 9.17) is 5.73 Å². The molecule has 1 aliphatic heterocycles. The van der Waals surface area contributed by atoms with Gasteiger partial charge in [0.15, 0.2) is 0 Å². The van der Waals surface area contributed by atoms with E-state index < -0.39 is 10.9 Å². The normalized spacial score (nSPS) is 13.1. The summed E-state index contributed by atoms with van der Waals surface area (Å²) in [5, 5.41) is 0. The topological polar surface area (TPSA) is 63.4 Å². The van der Waals surface area contributed by atoms with Gasteiger partial charge in [0.1, 0.15) is 11.4 Å². The summed E-state index contributed by atoms with van der Waals surface area (Å²) in [7, 11) is 0. The van der Waals surface area contributed by atoms with Crippen LogP contribution >= 0.6 is 0 Å². The van der Waals surface area contributed by atoms with Crippen molar-refractivity contribution in [1.29, 1.82) is 0 Å². The first-order chi connectivity index (χ1) is 11.6. The lowest BCUT2D eigenvalue weighted by molar-refractivity contribution is 0.759. The zero-order chi connectivity index (χ0) is 18.3. The Morgan fingerprint density at radius 1 is 1.04 bits per heavy atom. The van der Waals surface area contributed by atoms with Gasteiger partial charge in [0.2, 0.25) is 0 Å². The van der Waals surface area contributed by atoms with Crippen LogP contribution in [0.3, 0.4) is 0 Å². The van der Waals surface area contributed by atoms with Gasteiger partial charge in [-0.15, -0.1) is 0 Å². The third kappa shape index (κ3) is 3.69. The monoisotopic (exact) mass is 330 g/mol. The molecule has 1 aliphatic rings. The molecule has 0 atom stereocenters. The Labute approximate surface area is 145 Å². The lowest BCUT2D eigenvalue weighted by Crippen LogP contribution is -2.41. The molecule has 3 rings (SSSR count). The number of benzene rings is 1. The highest BCUT2D eigenvalue weighted by Gasteiger charge is 2.27. The second-order valence-electron chi connectivity index (χ2n) is 5.35. The fourth-order valence-corrected chi connectivity index (χ4v) is 2.90. The molecule has 0 bridgehead atoms. The second-order valence-corrected chi connectivity index (χ2v) is 5.35. The molecule has 1 heterocycles. The average Bonchev–Trinajstić information content (AvgIpc) is 2.86. The van der Waals surface area contributed by atoms with Gasteiger partial charge in [0, 0.05) is 12.2 Å². The molecule has 2 N–H and O–H groups in total. The maximum atomic E-state index is 11.8. The van der Waals surface area contributed by atoms with Crippen LogP contribution in [0, 0.1) is 0 Å². The molecule has 0 spiro atoms. The number of hydrogen-bond donors (Lipinski definition) is 1. The van der Waals surface area contributed by atoms with Crippen molar-refractivity contribution in [3.8, 4) is 0 Å². The predicted molar refractivity (Wildman–Crippen MR) is 104 cm³/mol. The van der Waals surface area contributed by atoms with Gasteiger partial charge >= 0.3 is 0 Å². The molecule has 132 valence electrons. The summed E-state index contributed by atoms with van der Waals surface area (Å²) in [6, 6.07) is 6.39. The van der Waals surface area contributed by atoms with Crippen LogP contribution in [0.2, 0.25) is 0 Å². The summed E-state index contributed by atoms with van der Waals surface area (Å²) < 4.78 is 0. The van der Waals surface area contributed by atoms with Crippen molar-refractivity contribution in [2.24, 2.45) is 0 Å². The minimum atomic E-state index is -0.544. The van der Waals surface area contributed by atoms with E-state index in [2.05, 4.69) is 25.1 Å². The van der Waals surface area contributed by atoms with E-state index in [1.165, 1.54) is 11.1 Å². The SMILES string of the molecule is CC.CC.CCc1ccc2c(c1)N(c1c(N)c(=O)c1=O)CCCC2. The van der Waals surface area contributed by atoms with Gasteiger partial charge in [-0.3, -0.25) is 9.59 Å². The van der Waals surface area contributed by atoms with Crippen LogP contribution in [-0.2, 0) is 12.8 Å². The first-order valence-corrected chi connectivity index (χ1v) is 9.11. The molecule has 0 aliphatic carbocycles. The summed E-state index contributed by atoms with van der Waals surface area (Å²) >= 11 is 0. The van der Waals surface area contributed by atoms with Crippen molar-refractivity contribution in [3.63, 3.8) is 0 Å². The van der Waals surface area contributed by atoms with Crippen LogP contribution < -0.4 is 21.5 Å². The largest absolute Gasteiger partial charge is 0.394 e. The number of anilines is 3. The van der Waals surface area contributed by atoms with Crippen LogP contribution in [-0.4, -0.2) is 6.54 Å². The number of aryl methyl sites for hydroxylation is 2. The molecule has 2 aromatic rings. The average molecular weight is 330 g/mol. The lowest BCUT2D eigenvalue weighted by Gasteiger charge is -2.27. The number of fused-ring (bicyclic) bond motifs is 1. The van der Waals surface area contributed by atoms with Crippen molar-refractivity contribution in [3.05, 3.63) is 49.8 Å². The van der Waals surface area contributed by atoms with Crippen molar-refractivity contribution in [1.82, 2.24) is 0 Å². The van der Waals surface area contributed by atoms with Crippen LogP contribution in [0.4, 0.5) is 17.1 Å². The van der Waals surface area contributed by atoms with E-state index >= 15 is 0 Å². The number of nitrogen functional groups attached to an aromatic ring is 1. The van der Waals surface area contributed by atoms with Gasteiger partial charge in [-0.05, 0) is 42.9 Å². The van der Waals surface area contributed by atoms with Gasteiger partial charge in [0.25, 0.3) is 10.9 Å². The highest BCUT2D eigenvalue weighted by Crippen LogP contribution is 2.34. The van der Waals surface area contributed by atoms with Crippen molar-refractivity contribution in [2.45, 2.75) is 60.3 Å². The first kappa shape index (κ1) is 19.9. The van der Waals surface area contributed by atoms with Crippen molar-refractivity contribution in [2.75, 3.05) is 17.2 Å². The predicted octanol–water partition coefficient (Wildman–Crippen LogP) is 3.95. The second kappa shape index (κ2) is 9.26. The summed E-state index contributed by atoms with van der Waals surface area (Å²) in [6.07, 6.45) is 4.03. The molecular weight excluding hydrogens is 300 g/mol. The van der Waals surface area contributed by atoms with E-state index in [1.54, 1.807) is 0 Å². The van der Waals surface area contributed by atoms with E-state index in [9.17, 15) is 9.59 Å². The Hall–Kier alpha value is -2.10. The Morgan fingerprint density at radius 3 is 2.29 bits per heavy atom. The quantitative estimate of drug-likeness (QED) is 0.847. The Bertz CT molecular complexity index is 728. The summed E-state index contributed by atoms with van der Waals surface area (Å²) in [5.74, 6) is 0. The van der Waals surface area contributed by atoms with Crippen LogP contribution in [0.25, 0.3) is 0 Å². The zero-order valence-electron chi connectivity index (χ0n) is 15.6. The maximum Gasteiger partial charge on any atom is 0.253 e. The molecule has 0 amide bonds. The molecule has 4 nitrogen and oxygen atoms in total. The fraction of sp³-hybridized carbons (Fsp3) is 0.500. The van der Waals surface area contributed by atoms with E-state index in [-0.39, 0.29) is 5.69 Å². The molecule has 24 heavy (non-hydrogen) atoms. The first-order valence-electron chi connectivity index (χ1n) is 9.11. The third-order valence-corrected chi connectivity index (χ3v) is 4.12. The summed E-state index contributed by atoms with van der Waals surface area (Å²) in [5.41, 5.74) is 8.75. The molecule has 0 saturated carbocycles. The van der Waals surface area contributed by atoms with Crippen molar-refractivity contribution < 1.29 is 0 Å². The highest BCUT2D eigenvalue weighted by atomic mass is 16.2. The number of rotatable bonds is 2. The van der Waals surface area contributed by atoms with Gasteiger partial charge in [0.05, 0.1) is 0 Å². The summed E-state index contributed by atoms with van der Waals surface area (Å²) in [6.45, 7) is 10.9. The maximum absolute atomic E-state index is 11.8. The smallest absolute Gasteiger partial charge is 0.253 e. The van der Waals surface area contributed by atoms with E-state index in [0.29, 0.717) is 5.69 Å². The fourth-order valence-electron chi connectivity index (χ4n) is 2.90. The lowest BCUT2D eigenvalue weighted by atomic mass is 10.0. The molecule has 0 saturated heterocycles. The molecule has 0 radical (unpaired) electrons.